The molecule has 1 atom stereocenters. The molecule has 0 aliphatic carbocycles. The number of carbonyl (C=O) groups is 3. The number of amides is 2. The van der Waals surface area contributed by atoms with Crippen LogP contribution >= 0.6 is 0 Å². The molecule has 6 nitrogen and oxygen atoms in total. The first-order valence-corrected chi connectivity index (χ1v) is 8.48. The van der Waals surface area contributed by atoms with Gasteiger partial charge in [0.05, 0.1) is 6.04 Å². The van der Waals surface area contributed by atoms with Crippen LogP contribution in [0.25, 0.3) is 0 Å². The van der Waals surface area contributed by atoms with Crippen LogP contribution in [0.5, 0.6) is 0 Å². The van der Waals surface area contributed by atoms with E-state index in [9.17, 15) is 14.4 Å². The van der Waals surface area contributed by atoms with Gasteiger partial charge in [-0.15, -0.1) is 0 Å². The van der Waals surface area contributed by atoms with Crippen molar-refractivity contribution < 1.29 is 19.5 Å². The molecule has 2 aromatic carbocycles. The van der Waals surface area contributed by atoms with Gasteiger partial charge in [0.25, 0.3) is 5.91 Å². The number of rotatable bonds is 7. The highest BCUT2D eigenvalue weighted by molar-refractivity contribution is 6.00. The fourth-order valence-electron chi connectivity index (χ4n) is 3.13. The highest BCUT2D eigenvalue weighted by Gasteiger charge is 2.28. The zero-order valence-electron chi connectivity index (χ0n) is 14.2. The normalized spacial score (nSPS) is 14.0. The lowest BCUT2D eigenvalue weighted by Crippen LogP contribution is -2.39. The van der Waals surface area contributed by atoms with Crippen LogP contribution in [0.1, 0.15) is 40.4 Å². The van der Waals surface area contributed by atoms with Crippen molar-refractivity contribution in [2.24, 2.45) is 0 Å². The summed E-state index contributed by atoms with van der Waals surface area (Å²) in [6, 6.07) is 16.2. The van der Waals surface area contributed by atoms with E-state index in [1.165, 1.54) is 4.90 Å². The molecule has 0 aromatic heterocycles. The minimum Gasteiger partial charge on any atom is -0.481 e. The number of fused-ring (bicyclic) bond motifs is 1. The van der Waals surface area contributed by atoms with Crippen molar-refractivity contribution >= 4 is 17.8 Å². The average molecular weight is 352 g/mol. The van der Waals surface area contributed by atoms with Crippen LogP contribution in [-0.4, -0.2) is 34.3 Å². The van der Waals surface area contributed by atoms with Gasteiger partial charge >= 0.3 is 5.97 Å². The summed E-state index contributed by atoms with van der Waals surface area (Å²) in [5.41, 5.74) is 2.39. The molecule has 1 unspecified atom stereocenters. The fourth-order valence-corrected chi connectivity index (χ4v) is 3.13. The van der Waals surface area contributed by atoms with Crippen molar-refractivity contribution in [1.29, 1.82) is 0 Å². The molecule has 1 heterocycles. The summed E-state index contributed by atoms with van der Waals surface area (Å²) in [4.78, 5) is 37.2. The van der Waals surface area contributed by atoms with Gasteiger partial charge in [0.2, 0.25) is 5.91 Å². The predicted octanol–water partition coefficient (Wildman–Crippen LogP) is 2.36. The minimum atomic E-state index is -0.912. The fraction of sp³-hybridized carbons (Fsp3) is 0.250. The minimum absolute atomic E-state index is 0.0477. The second-order valence-electron chi connectivity index (χ2n) is 6.28. The van der Waals surface area contributed by atoms with Crippen molar-refractivity contribution in [2.45, 2.75) is 25.4 Å². The predicted molar refractivity (Wildman–Crippen MR) is 95.4 cm³/mol. The number of hydrogen-bond acceptors (Lipinski definition) is 3. The second-order valence-corrected chi connectivity index (χ2v) is 6.28. The Bertz CT molecular complexity index is 820. The topological polar surface area (TPSA) is 86.7 Å². The lowest BCUT2D eigenvalue weighted by molar-refractivity contribution is -0.137. The molecule has 2 N–H and O–H groups in total. The van der Waals surface area contributed by atoms with Gasteiger partial charge in [0.15, 0.2) is 0 Å². The number of carbonyl (C=O) groups excluding carboxylic acids is 2. The number of nitrogens with one attached hydrogen (secondary N) is 1. The third kappa shape index (κ3) is 4.08. The number of carboxylic acid groups (broad SMARTS) is 1. The van der Waals surface area contributed by atoms with Gasteiger partial charge in [-0.05, 0) is 23.6 Å². The van der Waals surface area contributed by atoms with Crippen molar-refractivity contribution in [2.75, 3.05) is 6.54 Å². The molecule has 26 heavy (non-hydrogen) atoms. The summed E-state index contributed by atoms with van der Waals surface area (Å²) in [6.45, 7) is 0.359. The number of benzene rings is 2. The van der Waals surface area contributed by atoms with Crippen LogP contribution in [0.15, 0.2) is 54.6 Å². The Morgan fingerprint density at radius 2 is 1.77 bits per heavy atom. The molecule has 6 heteroatoms. The Kier molecular flexibility index (Phi) is 5.31. The van der Waals surface area contributed by atoms with Crippen LogP contribution in [0.3, 0.4) is 0 Å². The van der Waals surface area contributed by atoms with Gasteiger partial charge in [0, 0.05) is 18.5 Å². The van der Waals surface area contributed by atoms with Crippen molar-refractivity contribution in [1.82, 2.24) is 10.2 Å². The summed E-state index contributed by atoms with van der Waals surface area (Å²) in [5, 5.41) is 11.8. The lowest BCUT2D eigenvalue weighted by Gasteiger charge is -2.21. The summed E-state index contributed by atoms with van der Waals surface area (Å²) in [7, 11) is 0. The average Bonchev–Trinajstić information content (AvgIpc) is 2.95. The summed E-state index contributed by atoms with van der Waals surface area (Å²) in [6.07, 6.45) is 0.243. The highest BCUT2D eigenvalue weighted by atomic mass is 16.4. The van der Waals surface area contributed by atoms with E-state index < -0.39 is 12.0 Å². The maximum Gasteiger partial charge on any atom is 0.303 e. The van der Waals surface area contributed by atoms with Gasteiger partial charge < -0.3 is 15.3 Å². The SMILES string of the molecule is O=C(O)CCC(NC(=O)CN1Cc2ccccc2C1=O)c1ccccc1. The standard InChI is InChI=1S/C20H20N2O4/c23-18(13-22-12-15-8-4-5-9-16(15)20(22)26)21-17(10-11-19(24)25)14-6-2-1-3-7-14/h1-9,17H,10-13H2,(H,21,23)(H,24,25). The Balaban J connectivity index is 1.65. The highest BCUT2D eigenvalue weighted by Crippen LogP contribution is 2.22. The second kappa shape index (κ2) is 7.82. The molecule has 0 fully saturated rings. The van der Waals surface area contributed by atoms with Crippen molar-refractivity contribution in [3.63, 3.8) is 0 Å². The molecular formula is C20H20N2O4. The molecule has 0 bridgehead atoms. The lowest BCUT2D eigenvalue weighted by atomic mass is 10.0. The van der Waals surface area contributed by atoms with Crippen LogP contribution in [0.2, 0.25) is 0 Å². The van der Waals surface area contributed by atoms with Gasteiger partial charge in [-0.25, -0.2) is 0 Å². The van der Waals surface area contributed by atoms with E-state index in [1.807, 2.05) is 42.5 Å². The first-order valence-electron chi connectivity index (χ1n) is 8.48. The van der Waals surface area contributed by atoms with Gasteiger partial charge in [-0.3, -0.25) is 14.4 Å². The Hall–Kier alpha value is -3.15. The number of nitrogens with zero attached hydrogens (tertiary/aromatic N) is 1. The molecule has 0 saturated carbocycles. The Labute approximate surface area is 151 Å². The van der Waals surface area contributed by atoms with E-state index in [2.05, 4.69) is 5.32 Å². The van der Waals surface area contributed by atoms with E-state index in [0.29, 0.717) is 18.5 Å². The number of carboxylic acids is 1. The van der Waals surface area contributed by atoms with Crippen LogP contribution < -0.4 is 5.32 Å². The number of aliphatic carboxylic acids is 1. The molecule has 0 radical (unpaired) electrons. The van der Waals surface area contributed by atoms with Gasteiger partial charge in [-0.1, -0.05) is 48.5 Å². The van der Waals surface area contributed by atoms with Gasteiger partial charge in [0.1, 0.15) is 6.54 Å². The first-order chi connectivity index (χ1) is 12.5. The largest absolute Gasteiger partial charge is 0.481 e. The molecule has 2 aromatic rings. The summed E-state index contributed by atoms with van der Waals surface area (Å²) in [5.74, 6) is -1.37. The summed E-state index contributed by atoms with van der Waals surface area (Å²) < 4.78 is 0. The number of hydrogen-bond donors (Lipinski definition) is 2. The van der Waals surface area contributed by atoms with E-state index in [4.69, 9.17) is 5.11 Å². The zero-order valence-corrected chi connectivity index (χ0v) is 14.2. The third-order valence-electron chi connectivity index (χ3n) is 4.41. The Morgan fingerprint density at radius 3 is 2.46 bits per heavy atom. The van der Waals surface area contributed by atoms with Crippen LogP contribution in [0.4, 0.5) is 0 Å². The van der Waals surface area contributed by atoms with Gasteiger partial charge in [-0.2, -0.15) is 0 Å². The van der Waals surface area contributed by atoms with Crippen LogP contribution in [-0.2, 0) is 16.1 Å². The van der Waals surface area contributed by atoms with E-state index in [0.717, 1.165) is 11.1 Å². The van der Waals surface area contributed by atoms with E-state index >= 15 is 0 Å². The van der Waals surface area contributed by atoms with Crippen molar-refractivity contribution in [3.05, 3.63) is 71.3 Å². The maximum atomic E-state index is 12.5. The molecule has 0 saturated heterocycles. The monoisotopic (exact) mass is 352 g/mol. The molecule has 1 aliphatic rings. The quantitative estimate of drug-likeness (QED) is 0.801. The molecule has 3 rings (SSSR count). The van der Waals surface area contributed by atoms with E-state index in [-0.39, 0.29) is 24.8 Å². The third-order valence-corrected chi connectivity index (χ3v) is 4.41. The molecular weight excluding hydrogens is 332 g/mol. The summed E-state index contributed by atoms with van der Waals surface area (Å²) >= 11 is 0. The smallest absolute Gasteiger partial charge is 0.303 e. The molecule has 134 valence electrons. The molecule has 2 amide bonds. The molecule has 1 aliphatic heterocycles. The Morgan fingerprint density at radius 1 is 1.08 bits per heavy atom. The van der Waals surface area contributed by atoms with Crippen molar-refractivity contribution in [3.8, 4) is 0 Å². The zero-order chi connectivity index (χ0) is 18.5. The molecule has 0 spiro atoms. The van der Waals surface area contributed by atoms with E-state index in [1.54, 1.807) is 12.1 Å². The maximum absolute atomic E-state index is 12.5. The first kappa shape index (κ1) is 17.7. The van der Waals surface area contributed by atoms with Crippen LogP contribution in [0, 0.1) is 0 Å².